The Morgan fingerprint density at radius 2 is 1.90 bits per heavy atom. The first kappa shape index (κ1) is 29.0. The topological polar surface area (TPSA) is 82.1 Å². The molecule has 7 nitrogen and oxygen atoms in total. The van der Waals surface area contributed by atoms with Crippen LogP contribution in [0.4, 0.5) is 18.9 Å². The van der Waals surface area contributed by atoms with Gasteiger partial charge in [0.05, 0.1) is 17.7 Å². The zero-order valence-corrected chi connectivity index (χ0v) is 22.9. The van der Waals surface area contributed by atoms with E-state index in [2.05, 4.69) is 10.2 Å². The lowest BCUT2D eigenvalue weighted by Crippen LogP contribution is -2.55. The molecule has 2 aromatic rings. The minimum Gasteiger partial charge on any atom is -0.497 e. The van der Waals surface area contributed by atoms with Crippen molar-refractivity contribution in [3.63, 3.8) is 0 Å². The fraction of sp³-hybridized carbons (Fsp3) is 0.500. The number of likely N-dealkylation sites (N-methyl/N-ethyl adjacent to an activating group) is 1. The number of aliphatic hydroxyl groups is 1. The Kier molecular flexibility index (Phi) is 8.10. The number of nitrogens with one attached hydrogen (secondary N) is 1. The molecule has 0 unspecified atom stereocenters. The van der Waals surface area contributed by atoms with E-state index in [-0.39, 0.29) is 23.6 Å². The predicted molar refractivity (Wildman–Crippen MR) is 142 cm³/mol. The summed E-state index contributed by atoms with van der Waals surface area (Å²) in [6.45, 7) is 1.70. The maximum atomic E-state index is 14.0. The first-order chi connectivity index (χ1) is 18.4. The monoisotopic (exact) mass is 567 g/mol. The van der Waals surface area contributed by atoms with Gasteiger partial charge < -0.3 is 25.0 Å². The van der Waals surface area contributed by atoms with Crippen molar-refractivity contribution in [1.29, 1.82) is 0 Å². The van der Waals surface area contributed by atoms with Gasteiger partial charge in [-0.1, -0.05) is 23.7 Å². The number of hydrogen-bond acceptors (Lipinski definition) is 5. The molecule has 0 bridgehead atoms. The summed E-state index contributed by atoms with van der Waals surface area (Å²) in [5.74, 6) is -1.25. The SMILES string of the molecule is CNC(=O)c1ccc(N2CCC3(CC2)C[C@@H]3CCN(C)C(=O)[C@](O)(c2cccc(OC)c2)C(F)(F)F)cc1Cl. The first-order valence-corrected chi connectivity index (χ1v) is 13.2. The van der Waals surface area contributed by atoms with Gasteiger partial charge in [0, 0.05) is 45.0 Å². The summed E-state index contributed by atoms with van der Waals surface area (Å²) in [6, 6.07) is 10.2. The Labute approximate surface area is 230 Å². The molecule has 1 aliphatic carbocycles. The highest BCUT2D eigenvalue weighted by atomic mass is 35.5. The molecule has 0 aromatic heterocycles. The average molecular weight is 568 g/mol. The molecule has 1 saturated carbocycles. The molecule has 1 heterocycles. The lowest BCUT2D eigenvalue weighted by Gasteiger charge is -2.35. The number of halogens is 4. The molecule has 1 spiro atoms. The van der Waals surface area contributed by atoms with E-state index < -0.39 is 23.2 Å². The van der Waals surface area contributed by atoms with Crippen LogP contribution in [-0.4, -0.2) is 68.8 Å². The number of alkyl halides is 3. The van der Waals surface area contributed by atoms with Gasteiger partial charge in [0.25, 0.3) is 17.4 Å². The molecule has 1 aliphatic heterocycles. The van der Waals surface area contributed by atoms with Gasteiger partial charge >= 0.3 is 6.18 Å². The van der Waals surface area contributed by atoms with Gasteiger partial charge in [-0.05, 0) is 67.3 Å². The van der Waals surface area contributed by atoms with Gasteiger partial charge in [-0.15, -0.1) is 0 Å². The largest absolute Gasteiger partial charge is 0.497 e. The first-order valence-electron chi connectivity index (χ1n) is 12.8. The number of hydrogen-bond donors (Lipinski definition) is 2. The van der Waals surface area contributed by atoms with Crippen LogP contribution in [-0.2, 0) is 10.4 Å². The summed E-state index contributed by atoms with van der Waals surface area (Å²) >= 11 is 6.31. The van der Waals surface area contributed by atoms with Crippen molar-refractivity contribution >= 4 is 29.1 Å². The second-order valence-corrected chi connectivity index (χ2v) is 10.9. The molecule has 0 radical (unpaired) electrons. The number of piperidine rings is 1. The van der Waals surface area contributed by atoms with E-state index in [9.17, 15) is 27.9 Å². The van der Waals surface area contributed by atoms with E-state index >= 15 is 0 Å². The second kappa shape index (κ2) is 10.9. The summed E-state index contributed by atoms with van der Waals surface area (Å²) in [5, 5.41) is 13.7. The highest BCUT2D eigenvalue weighted by Crippen LogP contribution is 2.61. The molecule has 2 N–H and O–H groups in total. The molecule has 212 valence electrons. The number of nitrogens with zero attached hydrogens (tertiary/aromatic N) is 2. The lowest BCUT2D eigenvalue weighted by atomic mass is 9.89. The van der Waals surface area contributed by atoms with Gasteiger partial charge in [-0.25, -0.2) is 0 Å². The van der Waals surface area contributed by atoms with Crippen LogP contribution in [0.3, 0.4) is 0 Å². The smallest absolute Gasteiger partial charge is 0.430 e. The maximum absolute atomic E-state index is 14.0. The summed E-state index contributed by atoms with van der Waals surface area (Å²) in [5.41, 5.74) is -2.78. The summed E-state index contributed by atoms with van der Waals surface area (Å²) in [7, 11) is 4.14. The second-order valence-electron chi connectivity index (χ2n) is 10.4. The molecular weight excluding hydrogens is 535 g/mol. The Hall–Kier alpha value is -2.98. The number of carbonyl (C=O) groups excluding carboxylic acids is 2. The average Bonchev–Trinajstić information content (AvgIpc) is 3.60. The van der Waals surface area contributed by atoms with Crippen LogP contribution >= 0.6 is 11.6 Å². The number of ether oxygens (including phenoxy) is 1. The third-order valence-corrected chi connectivity index (χ3v) is 8.59. The minimum absolute atomic E-state index is 0.105. The normalized spacial score (nSPS) is 19.8. The van der Waals surface area contributed by atoms with Crippen LogP contribution in [0.1, 0.15) is 41.6 Å². The molecule has 2 atom stereocenters. The van der Waals surface area contributed by atoms with Crippen LogP contribution in [0, 0.1) is 11.3 Å². The molecular formula is C28H33ClF3N3O4. The van der Waals surface area contributed by atoms with Crippen LogP contribution in [0.25, 0.3) is 0 Å². The molecule has 39 heavy (non-hydrogen) atoms. The fourth-order valence-corrected chi connectivity index (χ4v) is 5.93. The van der Waals surface area contributed by atoms with Crippen LogP contribution in [0.2, 0.25) is 5.02 Å². The molecule has 2 aromatic carbocycles. The minimum atomic E-state index is -5.21. The third kappa shape index (κ3) is 5.54. The van der Waals surface area contributed by atoms with Gasteiger partial charge in [-0.3, -0.25) is 9.59 Å². The number of anilines is 1. The maximum Gasteiger partial charge on any atom is 0.430 e. The summed E-state index contributed by atoms with van der Waals surface area (Å²) < 4.78 is 47.1. The van der Waals surface area contributed by atoms with Gasteiger partial charge in [0.15, 0.2) is 0 Å². The standard InChI is InChI=1S/C28H33ClF3N3O4/c1-33-24(36)22-8-7-20(16-23(22)29)35-13-10-26(11-14-35)17-19(26)9-12-34(2)25(37)27(38,28(30,31)32)18-5-4-6-21(15-18)39-3/h4-8,15-16,19,38H,9-14,17H2,1-3H3,(H,33,36)/t19-,27+/m0/s1. The molecule has 4 rings (SSSR count). The third-order valence-electron chi connectivity index (χ3n) is 8.27. The van der Waals surface area contributed by atoms with E-state index in [1.165, 1.54) is 26.3 Å². The van der Waals surface area contributed by atoms with Gasteiger partial charge in [0.2, 0.25) is 0 Å². The van der Waals surface area contributed by atoms with Gasteiger partial charge in [-0.2, -0.15) is 13.2 Å². The van der Waals surface area contributed by atoms with Crippen molar-refractivity contribution in [3.05, 3.63) is 58.6 Å². The van der Waals surface area contributed by atoms with E-state index in [0.29, 0.717) is 22.9 Å². The van der Waals surface area contributed by atoms with Crippen molar-refractivity contribution in [1.82, 2.24) is 10.2 Å². The van der Waals surface area contributed by atoms with E-state index in [1.807, 2.05) is 6.07 Å². The van der Waals surface area contributed by atoms with Crippen LogP contribution in [0.15, 0.2) is 42.5 Å². The number of benzene rings is 2. The van der Waals surface area contributed by atoms with E-state index in [1.54, 1.807) is 19.2 Å². The molecule has 2 fully saturated rings. The van der Waals surface area contributed by atoms with E-state index in [4.69, 9.17) is 16.3 Å². The van der Waals surface area contributed by atoms with Crippen LogP contribution in [0.5, 0.6) is 5.75 Å². The molecule has 2 amide bonds. The van der Waals surface area contributed by atoms with Crippen molar-refractivity contribution in [2.45, 2.75) is 37.5 Å². The summed E-state index contributed by atoms with van der Waals surface area (Å²) in [6.07, 6.45) is -1.86. The van der Waals surface area contributed by atoms with Crippen molar-refractivity contribution < 1.29 is 32.6 Å². The highest BCUT2D eigenvalue weighted by molar-refractivity contribution is 6.34. The number of methoxy groups -OCH3 is 1. The lowest BCUT2D eigenvalue weighted by molar-refractivity contribution is -0.261. The fourth-order valence-electron chi connectivity index (χ4n) is 5.67. The number of amides is 2. The quantitative estimate of drug-likeness (QED) is 0.487. The van der Waals surface area contributed by atoms with Crippen molar-refractivity contribution in [3.8, 4) is 5.75 Å². The predicted octanol–water partition coefficient (Wildman–Crippen LogP) is 4.61. The highest BCUT2D eigenvalue weighted by Gasteiger charge is 2.62. The molecule has 2 aliphatic rings. The van der Waals surface area contributed by atoms with Crippen LogP contribution < -0.4 is 15.0 Å². The Balaban J connectivity index is 1.35. The Morgan fingerprint density at radius 3 is 2.49 bits per heavy atom. The van der Waals surface area contributed by atoms with Crippen molar-refractivity contribution in [2.75, 3.05) is 45.7 Å². The molecule has 1 saturated heterocycles. The number of rotatable bonds is 8. The van der Waals surface area contributed by atoms with Crippen molar-refractivity contribution in [2.24, 2.45) is 11.3 Å². The zero-order chi connectivity index (χ0) is 28.6. The molecule has 11 heteroatoms. The Morgan fingerprint density at radius 1 is 1.21 bits per heavy atom. The van der Waals surface area contributed by atoms with Gasteiger partial charge in [0.1, 0.15) is 5.75 Å². The zero-order valence-electron chi connectivity index (χ0n) is 22.1. The summed E-state index contributed by atoms with van der Waals surface area (Å²) in [4.78, 5) is 28.1. The Bertz CT molecular complexity index is 1230. The number of carbonyl (C=O) groups is 2. The van der Waals surface area contributed by atoms with E-state index in [0.717, 1.165) is 55.1 Å².